The van der Waals surface area contributed by atoms with Gasteiger partial charge in [-0.15, -0.1) is 0 Å². The maximum atomic E-state index is 13.7. The smallest absolute Gasteiger partial charge is 0.133 e. The molecule has 0 saturated heterocycles. The van der Waals surface area contributed by atoms with E-state index < -0.39 is 22.3 Å². The summed E-state index contributed by atoms with van der Waals surface area (Å²) >= 11 is 3.19. The lowest BCUT2D eigenvalue weighted by atomic mass is 9.99. The number of halogens is 5. The van der Waals surface area contributed by atoms with Crippen LogP contribution in [0, 0.1) is 37.1 Å². The Labute approximate surface area is 122 Å². The molecule has 1 atom stereocenters. The summed E-state index contributed by atoms with van der Waals surface area (Å²) in [5.41, 5.74) is 0.974. The van der Waals surface area contributed by atoms with Gasteiger partial charge in [0.15, 0.2) is 0 Å². The molecule has 0 aromatic heterocycles. The molecule has 0 bridgehead atoms. The summed E-state index contributed by atoms with van der Waals surface area (Å²) in [6.07, 6.45) is 0. The van der Waals surface area contributed by atoms with Gasteiger partial charge in [0.2, 0.25) is 0 Å². The van der Waals surface area contributed by atoms with Crippen LogP contribution in [0.4, 0.5) is 17.6 Å². The lowest BCUT2D eigenvalue weighted by Gasteiger charge is -2.15. The average molecular weight is 347 g/mol. The molecule has 20 heavy (non-hydrogen) atoms. The van der Waals surface area contributed by atoms with Gasteiger partial charge in [-0.05, 0) is 30.5 Å². The highest BCUT2D eigenvalue weighted by Crippen LogP contribution is 2.36. The third kappa shape index (κ3) is 2.73. The molecule has 0 spiro atoms. The van der Waals surface area contributed by atoms with E-state index in [4.69, 9.17) is 0 Å². The molecule has 2 aromatic carbocycles. The molecular formula is C15H11BrF4. The summed E-state index contributed by atoms with van der Waals surface area (Å²) in [5.74, 6) is -3.29. The zero-order valence-corrected chi connectivity index (χ0v) is 12.4. The molecule has 1 unspecified atom stereocenters. The number of benzene rings is 2. The van der Waals surface area contributed by atoms with Gasteiger partial charge in [-0.25, -0.2) is 17.6 Å². The number of hydrogen-bond acceptors (Lipinski definition) is 0. The predicted octanol–water partition coefficient (Wildman–Crippen LogP) is 5.34. The van der Waals surface area contributed by atoms with E-state index >= 15 is 0 Å². The van der Waals surface area contributed by atoms with Crippen LogP contribution in [0.3, 0.4) is 0 Å². The van der Waals surface area contributed by atoms with Crippen molar-refractivity contribution < 1.29 is 17.6 Å². The van der Waals surface area contributed by atoms with Crippen molar-refractivity contribution in [3.63, 3.8) is 0 Å². The Morgan fingerprint density at radius 1 is 0.850 bits per heavy atom. The third-order valence-electron chi connectivity index (χ3n) is 3.05. The zero-order valence-electron chi connectivity index (χ0n) is 10.8. The van der Waals surface area contributed by atoms with Crippen molar-refractivity contribution in [1.29, 1.82) is 0 Å². The Bertz CT molecular complexity index is 621. The summed E-state index contributed by atoms with van der Waals surface area (Å²) < 4.78 is 54.0. The van der Waals surface area contributed by atoms with Crippen LogP contribution in [-0.4, -0.2) is 0 Å². The van der Waals surface area contributed by atoms with E-state index in [9.17, 15) is 17.6 Å². The lowest BCUT2D eigenvalue weighted by Crippen LogP contribution is -2.03. The Kier molecular flexibility index (Phi) is 4.18. The van der Waals surface area contributed by atoms with Gasteiger partial charge in [0.1, 0.15) is 23.3 Å². The van der Waals surface area contributed by atoms with Crippen molar-refractivity contribution in [3.8, 4) is 0 Å². The average Bonchev–Trinajstić information content (AvgIpc) is 2.33. The maximum absolute atomic E-state index is 13.7. The molecule has 0 radical (unpaired) electrons. The van der Waals surface area contributed by atoms with Crippen LogP contribution in [0.15, 0.2) is 24.3 Å². The van der Waals surface area contributed by atoms with Gasteiger partial charge in [0.25, 0.3) is 0 Å². The number of hydrogen-bond donors (Lipinski definition) is 0. The normalized spacial score (nSPS) is 12.6. The minimum atomic E-state index is -0.982. The van der Waals surface area contributed by atoms with E-state index in [2.05, 4.69) is 15.9 Å². The molecular weight excluding hydrogens is 336 g/mol. The van der Waals surface area contributed by atoms with Gasteiger partial charge >= 0.3 is 0 Å². The first-order valence-electron chi connectivity index (χ1n) is 5.86. The van der Waals surface area contributed by atoms with Crippen LogP contribution in [-0.2, 0) is 0 Å². The van der Waals surface area contributed by atoms with E-state index in [1.807, 2.05) is 0 Å². The fourth-order valence-electron chi connectivity index (χ4n) is 2.09. The fraction of sp³-hybridized carbons (Fsp3) is 0.200. The van der Waals surface area contributed by atoms with Crippen molar-refractivity contribution in [1.82, 2.24) is 0 Å². The minimum absolute atomic E-state index is 0.295. The van der Waals surface area contributed by atoms with Gasteiger partial charge in [-0.2, -0.15) is 0 Å². The fourth-order valence-corrected chi connectivity index (χ4v) is 2.79. The minimum Gasteiger partial charge on any atom is -0.207 e. The Morgan fingerprint density at radius 2 is 1.30 bits per heavy atom. The number of rotatable bonds is 2. The summed E-state index contributed by atoms with van der Waals surface area (Å²) in [7, 11) is 0. The monoisotopic (exact) mass is 346 g/mol. The SMILES string of the molecule is Cc1cc(C(Br)c2c(F)cc(F)cc2F)cc(C)c1F. The van der Waals surface area contributed by atoms with Crippen LogP contribution in [0.25, 0.3) is 0 Å². The Hall–Kier alpha value is -1.36. The topological polar surface area (TPSA) is 0 Å². The van der Waals surface area contributed by atoms with Crippen LogP contribution in [0.1, 0.15) is 27.1 Å². The van der Waals surface area contributed by atoms with Gasteiger partial charge in [-0.1, -0.05) is 28.1 Å². The predicted molar refractivity (Wildman–Crippen MR) is 73.0 cm³/mol. The van der Waals surface area contributed by atoms with E-state index in [0.29, 0.717) is 28.8 Å². The maximum Gasteiger partial charge on any atom is 0.133 e. The molecule has 5 heteroatoms. The van der Waals surface area contributed by atoms with Gasteiger partial charge in [-0.3, -0.25) is 0 Å². The van der Waals surface area contributed by atoms with Crippen molar-refractivity contribution >= 4 is 15.9 Å². The standard InChI is InChI=1S/C15H11BrF4/c1-7-3-9(4-8(2)15(7)20)14(16)13-11(18)5-10(17)6-12(13)19/h3-6,14H,1-2H3. The first kappa shape index (κ1) is 15.0. The van der Waals surface area contributed by atoms with Gasteiger partial charge < -0.3 is 0 Å². The van der Waals surface area contributed by atoms with Crippen molar-refractivity contribution in [2.45, 2.75) is 18.7 Å². The van der Waals surface area contributed by atoms with Crippen molar-refractivity contribution in [2.24, 2.45) is 0 Å². The number of aryl methyl sites for hydroxylation is 2. The molecule has 0 saturated carbocycles. The second-order valence-corrected chi connectivity index (χ2v) is 5.53. The molecule has 0 heterocycles. The first-order chi connectivity index (χ1) is 9.31. The van der Waals surface area contributed by atoms with Crippen LogP contribution < -0.4 is 0 Å². The molecule has 2 rings (SSSR count). The lowest BCUT2D eigenvalue weighted by molar-refractivity contribution is 0.527. The van der Waals surface area contributed by atoms with Crippen molar-refractivity contribution in [2.75, 3.05) is 0 Å². The van der Waals surface area contributed by atoms with Crippen molar-refractivity contribution in [3.05, 3.63) is 69.8 Å². The molecule has 0 aliphatic heterocycles. The second-order valence-electron chi connectivity index (χ2n) is 4.61. The molecule has 0 N–H and O–H groups in total. The molecule has 0 fully saturated rings. The Balaban J connectivity index is 2.55. The highest BCUT2D eigenvalue weighted by molar-refractivity contribution is 9.09. The number of alkyl halides is 1. The summed E-state index contributed by atoms with van der Waals surface area (Å²) in [6, 6.07) is 4.25. The second kappa shape index (κ2) is 5.56. The largest absolute Gasteiger partial charge is 0.207 e. The van der Waals surface area contributed by atoms with E-state index in [1.54, 1.807) is 13.8 Å². The zero-order chi connectivity index (χ0) is 15.0. The molecule has 0 nitrogen and oxygen atoms in total. The van der Waals surface area contributed by atoms with Crippen LogP contribution >= 0.6 is 15.9 Å². The highest BCUT2D eigenvalue weighted by atomic mass is 79.9. The highest BCUT2D eigenvalue weighted by Gasteiger charge is 2.22. The molecule has 0 aliphatic rings. The summed E-state index contributed by atoms with van der Waals surface area (Å²) in [6.45, 7) is 3.14. The van der Waals surface area contributed by atoms with E-state index in [1.165, 1.54) is 12.1 Å². The third-order valence-corrected chi connectivity index (χ3v) is 4.04. The molecule has 2 aromatic rings. The van der Waals surface area contributed by atoms with E-state index in [-0.39, 0.29) is 11.4 Å². The van der Waals surface area contributed by atoms with Gasteiger partial charge in [0.05, 0.1) is 4.83 Å². The van der Waals surface area contributed by atoms with E-state index in [0.717, 1.165) is 0 Å². The van der Waals surface area contributed by atoms with Crippen LogP contribution in [0.5, 0.6) is 0 Å². The first-order valence-corrected chi connectivity index (χ1v) is 6.78. The van der Waals surface area contributed by atoms with Gasteiger partial charge in [0, 0.05) is 17.7 Å². The Morgan fingerprint density at radius 3 is 1.75 bits per heavy atom. The summed E-state index contributed by atoms with van der Waals surface area (Å²) in [4.78, 5) is -0.818. The molecule has 0 aliphatic carbocycles. The quantitative estimate of drug-likeness (QED) is 0.508. The van der Waals surface area contributed by atoms with Crippen LogP contribution in [0.2, 0.25) is 0 Å². The molecule has 0 amide bonds. The molecule has 106 valence electrons. The summed E-state index contributed by atoms with van der Waals surface area (Å²) in [5, 5.41) is 0.